The minimum Gasteiger partial charge on any atom is -0.398 e. The number of anilines is 1. The molecule has 70 valence electrons. The van der Waals surface area contributed by atoms with Crippen molar-refractivity contribution in [3.63, 3.8) is 0 Å². The molecular weight excluding hydrogens is 176 g/mol. The molecule has 0 atom stereocenters. The Hall–Kier alpha value is -2.02. The summed E-state index contributed by atoms with van der Waals surface area (Å²) in [5.41, 5.74) is 8.59. The fraction of sp³-hybridized carbons (Fsp3) is 0.200. The molecule has 2 aromatic rings. The van der Waals surface area contributed by atoms with Crippen molar-refractivity contribution in [2.75, 3.05) is 5.73 Å². The van der Waals surface area contributed by atoms with Crippen LogP contribution < -0.4 is 5.73 Å². The number of nitrogen functional groups attached to an aromatic ring is 1. The van der Waals surface area contributed by atoms with Gasteiger partial charge in [0.25, 0.3) is 0 Å². The zero-order valence-electron chi connectivity index (χ0n) is 8.07. The predicted molar refractivity (Wildman–Crippen MR) is 54.6 cm³/mol. The fourth-order valence-electron chi connectivity index (χ4n) is 1.59. The van der Waals surface area contributed by atoms with Gasteiger partial charge >= 0.3 is 0 Å². The highest BCUT2D eigenvalue weighted by Gasteiger charge is 2.08. The second-order valence-corrected chi connectivity index (χ2v) is 3.28. The summed E-state index contributed by atoms with van der Waals surface area (Å²) in [6.07, 6.45) is 0. The topological polar surface area (TPSA) is 67.6 Å². The molecule has 0 aliphatic carbocycles. The molecule has 1 aromatic heterocycles. The van der Waals surface area contributed by atoms with Gasteiger partial charge in [-0.3, -0.25) is 4.68 Å². The molecule has 4 nitrogen and oxygen atoms in total. The van der Waals surface area contributed by atoms with E-state index in [0.29, 0.717) is 11.3 Å². The molecule has 0 saturated carbocycles. The van der Waals surface area contributed by atoms with Crippen LogP contribution in [0.25, 0.3) is 10.9 Å². The van der Waals surface area contributed by atoms with Gasteiger partial charge < -0.3 is 5.73 Å². The Bertz CT molecular complexity index is 545. The molecule has 0 amide bonds. The van der Waals surface area contributed by atoms with Crippen LogP contribution in [-0.2, 0) is 7.05 Å². The molecule has 4 heteroatoms. The molecule has 1 aromatic carbocycles. The quantitative estimate of drug-likeness (QED) is 0.631. The van der Waals surface area contributed by atoms with Crippen LogP contribution >= 0.6 is 0 Å². The second-order valence-electron chi connectivity index (χ2n) is 3.28. The van der Waals surface area contributed by atoms with E-state index in [4.69, 9.17) is 11.0 Å². The van der Waals surface area contributed by atoms with Crippen molar-refractivity contribution >= 4 is 16.6 Å². The molecule has 2 N–H and O–H groups in total. The number of hydrogen-bond donors (Lipinski definition) is 1. The van der Waals surface area contributed by atoms with Gasteiger partial charge in [-0.1, -0.05) is 0 Å². The highest BCUT2D eigenvalue weighted by Crippen LogP contribution is 2.23. The van der Waals surface area contributed by atoms with E-state index in [9.17, 15) is 0 Å². The van der Waals surface area contributed by atoms with Crippen LogP contribution in [0.15, 0.2) is 12.1 Å². The molecule has 2 rings (SSSR count). The fourth-order valence-corrected chi connectivity index (χ4v) is 1.59. The monoisotopic (exact) mass is 186 g/mol. The Balaban J connectivity index is 2.91. The number of hydrogen-bond acceptors (Lipinski definition) is 3. The molecule has 0 spiro atoms. The van der Waals surface area contributed by atoms with Gasteiger partial charge in [0.1, 0.15) is 6.07 Å². The third kappa shape index (κ3) is 1.03. The first-order valence-electron chi connectivity index (χ1n) is 4.26. The Morgan fingerprint density at radius 3 is 2.86 bits per heavy atom. The molecule has 0 fully saturated rings. The van der Waals surface area contributed by atoms with E-state index in [-0.39, 0.29) is 0 Å². The first kappa shape index (κ1) is 8.57. The number of aromatic nitrogens is 2. The molecular formula is C10H10N4. The van der Waals surface area contributed by atoms with Crippen molar-refractivity contribution in [2.45, 2.75) is 6.92 Å². The van der Waals surface area contributed by atoms with E-state index in [1.807, 2.05) is 14.0 Å². The van der Waals surface area contributed by atoms with Crippen molar-refractivity contribution < 1.29 is 0 Å². The normalized spacial score (nSPS) is 10.4. The van der Waals surface area contributed by atoms with Crippen LogP contribution in [0.1, 0.15) is 11.3 Å². The van der Waals surface area contributed by atoms with E-state index in [2.05, 4.69) is 11.2 Å². The summed E-state index contributed by atoms with van der Waals surface area (Å²) >= 11 is 0. The van der Waals surface area contributed by atoms with Crippen molar-refractivity contribution in [2.24, 2.45) is 7.05 Å². The summed E-state index contributed by atoms with van der Waals surface area (Å²) in [7, 11) is 1.85. The van der Waals surface area contributed by atoms with Gasteiger partial charge in [0, 0.05) is 12.4 Å². The van der Waals surface area contributed by atoms with Crippen molar-refractivity contribution in [1.29, 1.82) is 5.26 Å². The molecule has 0 bridgehead atoms. The van der Waals surface area contributed by atoms with E-state index in [1.54, 1.807) is 16.8 Å². The van der Waals surface area contributed by atoms with E-state index in [0.717, 1.165) is 16.6 Å². The number of nitrogens with zero attached hydrogens (tertiary/aromatic N) is 3. The van der Waals surface area contributed by atoms with Gasteiger partial charge in [0.05, 0.1) is 22.5 Å². The average molecular weight is 186 g/mol. The molecule has 0 aliphatic rings. The zero-order valence-corrected chi connectivity index (χ0v) is 8.07. The number of benzene rings is 1. The van der Waals surface area contributed by atoms with Gasteiger partial charge in [0.2, 0.25) is 0 Å². The highest BCUT2D eigenvalue weighted by atomic mass is 15.3. The molecule has 14 heavy (non-hydrogen) atoms. The Kier molecular flexibility index (Phi) is 1.68. The van der Waals surface area contributed by atoms with Gasteiger partial charge in [0.15, 0.2) is 0 Å². The molecule has 0 radical (unpaired) electrons. The first-order chi connectivity index (χ1) is 6.63. The summed E-state index contributed by atoms with van der Waals surface area (Å²) < 4.78 is 1.75. The lowest BCUT2D eigenvalue weighted by Crippen LogP contribution is -1.92. The molecule has 0 aliphatic heterocycles. The van der Waals surface area contributed by atoms with Crippen LogP contribution in [0.3, 0.4) is 0 Å². The standard InChI is InChI=1S/C10H10N4/c1-6-8-4-9(12)7(5-11)3-10(8)14(2)13-6/h3-4H,12H2,1-2H3. The smallest absolute Gasteiger partial charge is 0.101 e. The zero-order chi connectivity index (χ0) is 10.3. The maximum atomic E-state index is 8.82. The average Bonchev–Trinajstić information content (AvgIpc) is 2.41. The number of fused-ring (bicyclic) bond motifs is 1. The first-order valence-corrected chi connectivity index (χ1v) is 4.26. The van der Waals surface area contributed by atoms with Gasteiger partial charge in [-0.25, -0.2) is 0 Å². The predicted octanol–water partition coefficient (Wildman–Crippen LogP) is 1.34. The van der Waals surface area contributed by atoms with Gasteiger partial charge in [-0.2, -0.15) is 10.4 Å². The van der Waals surface area contributed by atoms with Crippen LogP contribution in [0, 0.1) is 18.3 Å². The minimum absolute atomic E-state index is 0.500. The lowest BCUT2D eigenvalue weighted by atomic mass is 10.1. The van der Waals surface area contributed by atoms with Crippen molar-refractivity contribution in [3.8, 4) is 6.07 Å². The maximum Gasteiger partial charge on any atom is 0.101 e. The van der Waals surface area contributed by atoms with Crippen molar-refractivity contribution in [3.05, 3.63) is 23.4 Å². The number of rotatable bonds is 0. The summed E-state index contributed by atoms with van der Waals surface area (Å²) in [5, 5.41) is 14.1. The Morgan fingerprint density at radius 1 is 1.50 bits per heavy atom. The van der Waals surface area contributed by atoms with Crippen LogP contribution in [0.2, 0.25) is 0 Å². The van der Waals surface area contributed by atoms with E-state index < -0.39 is 0 Å². The maximum absolute atomic E-state index is 8.82. The van der Waals surface area contributed by atoms with Crippen molar-refractivity contribution in [1.82, 2.24) is 9.78 Å². The van der Waals surface area contributed by atoms with Gasteiger partial charge in [-0.05, 0) is 19.1 Å². The summed E-state index contributed by atoms with van der Waals surface area (Å²) in [5.74, 6) is 0. The second kappa shape index (κ2) is 2.74. The van der Waals surface area contributed by atoms with E-state index >= 15 is 0 Å². The Labute approximate surface area is 81.5 Å². The third-order valence-corrected chi connectivity index (χ3v) is 2.33. The molecule has 0 unspecified atom stereocenters. The molecule has 0 saturated heterocycles. The van der Waals surface area contributed by atoms with Gasteiger partial charge in [-0.15, -0.1) is 0 Å². The number of nitriles is 1. The van der Waals surface area contributed by atoms with Crippen LogP contribution in [-0.4, -0.2) is 9.78 Å². The summed E-state index contributed by atoms with van der Waals surface area (Å²) in [6, 6.07) is 5.63. The summed E-state index contributed by atoms with van der Waals surface area (Å²) in [4.78, 5) is 0. The Morgan fingerprint density at radius 2 is 2.21 bits per heavy atom. The summed E-state index contributed by atoms with van der Waals surface area (Å²) in [6.45, 7) is 1.92. The number of aryl methyl sites for hydroxylation is 2. The molecule has 1 heterocycles. The lowest BCUT2D eigenvalue weighted by Gasteiger charge is -1.98. The largest absolute Gasteiger partial charge is 0.398 e. The number of nitrogens with two attached hydrogens (primary N) is 1. The van der Waals surface area contributed by atoms with Crippen LogP contribution in [0.5, 0.6) is 0 Å². The highest BCUT2D eigenvalue weighted by molar-refractivity contribution is 5.87. The van der Waals surface area contributed by atoms with Crippen LogP contribution in [0.4, 0.5) is 5.69 Å². The minimum atomic E-state index is 0.500. The lowest BCUT2D eigenvalue weighted by molar-refractivity contribution is 0.783. The van der Waals surface area contributed by atoms with E-state index in [1.165, 1.54) is 0 Å². The SMILES string of the molecule is Cc1nn(C)c2cc(C#N)c(N)cc12. The third-order valence-electron chi connectivity index (χ3n) is 2.33.